The van der Waals surface area contributed by atoms with Gasteiger partial charge in [0, 0.05) is 41.8 Å². The van der Waals surface area contributed by atoms with Crippen molar-refractivity contribution in [1.82, 2.24) is 24.6 Å². The lowest BCUT2D eigenvalue weighted by molar-refractivity contribution is 0.0973. The fraction of sp³-hybridized carbons (Fsp3) is 0.474. The number of hydrogen-bond donors (Lipinski definition) is 2. The van der Waals surface area contributed by atoms with E-state index in [0.717, 1.165) is 53.9 Å². The van der Waals surface area contributed by atoms with Gasteiger partial charge in [0.15, 0.2) is 5.65 Å². The highest BCUT2D eigenvalue weighted by Crippen LogP contribution is 2.42. The molecule has 30 heavy (non-hydrogen) atoms. The summed E-state index contributed by atoms with van der Waals surface area (Å²) >= 11 is 7.75. The number of aromatic nitrogens is 5. The number of nitrogen functional groups attached to an aromatic ring is 1. The smallest absolute Gasteiger partial charge is 0.212 e. The number of pyridine rings is 1. The van der Waals surface area contributed by atoms with E-state index in [9.17, 15) is 0 Å². The van der Waals surface area contributed by atoms with Crippen LogP contribution in [0.5, 0.6) is 0 Å². The topological polar surface area (TPSA) is 120 Å². The van der Waals surface area contributed by atoms with Crippen LogP contribution in [0.25, 0.3) is 5.65 Å². The molecular formula is C19H23ClN8OS. The van der Waals surface area contributed by atoms with Crippen molar-refractivity contribution in [2.45, 2.75) is 41.7 Å². The number of piperidine rings is 1. The average Bonchev–Trinajstić information content (AvgIpc) is 3.35. The molecule has 2 atom stereocenters. The second-order valence-corrected chi connectivity index (χ2v) is 9.41. The minimum Gasteiger partial charge on any atom is -0.382 e. The molecule has 11 heteroatoms. The van der Waals surface area contributed by atoms with Crippen LogP contribution in [0.15, 0.2) is 34.6 Å². The largest absolute Gasteiger partial charge is 0.382 e. The Bertz CT molecular complexity index is 1080. The van der Waals surface area contributed by atoms with E-state index in [2.05, 4.69) is 27.0 Å². The molecule has 0 bridgehead atoms. The van der Waals surface area contributed by atoms with Gasteiger partial charge in [0.25, 0.3) is 0 Å². The molecule has 2 fully saturated rings. The van der Waals surface area contributed by atoms with Crippen LogP contribution >= 0.6 is 23.4 Å². The highest BCUT2D eigenvalue weighted by Gasteiger charge is 2.47. The Balaban J connectivity index is 1.40. The Morgan fingerprint density at radius 3 is 2.80 bits per heavy atom. The Morgan fingerprint density at radius 2 is 2.07 bits per heavy atom. The molecule has 2 aliphatic heterocycles. The monoisotopic (exact) mass is 446 g/mol. The summed E-state index contributed by atoms with van der Waals surface area (Å²) in [6.07, 6.45) is 7.21. The molecule has 0 aliphatic carbocycles. The van der Waals surface area contributed by atoms with Gasteiger partial charge in [0.2, 0.25) is 5.95 Å². The molecule has 9 nitrogen and oxygen atoms in total. The van der Waals surface area contributed by atoms with Gasteiger partial charge in [-0.1, -0.05) is 23.4 Å². The minimum atomic E-state index is 0.0655. The van der Waals surface area contributed by atoms with E-state index in [1.807, 2.05) is 16.7 Å². The van der Waals surface area contributed by atoms with E-state index in [-0.39, 0.29) is 17.6 Å². The maximum absolute atomic E-state index is 6.45. The highest BCUT2D eigenvalue weighted by atomic mass is 35.5. The van der Waals surface area contributed by atoms with Crippen molar-refractivity contribution in [3.63, 3.8) is 0 Å². The first kappa shape index (κ1) is 19.8. The number of anilines is 2. The van der Waals surface area contributed by atoms with Crippen LogP contribution in [0.1, 0.15) is 19.8 Å². The van der Waals surface area contributed by atoms with Crippen LogP contribution in [0, 0.1) is 5.41 Å². The first-order valence-corrected chi connectivity index (χ1v) is 11.1. The number of fused-ring (bicyclic) bond motifs is 1. The van der Waals surface area contributed by atoms with Gasteiger partial charge >= 0.3 is 0 Å². The summed E-state index contributed by atoms with van der Waals surface area (Å²) in [6.45, 7) is 4.53. The fourth-order valence-corrected chi connectivity index (χ4v) is 5.48. The zero-order chi connectivity index (χ0) is 20.9. The lowest BCUT2D eigenvalue weighted by Gasteiger charge is -2.41. The number of hydrogen-bond acceptors (Lipinski definition) is 9. The molecule has 2 saturated heterocycles. The van der Waals surface area contributed by atoms with Crippen molar-refractivity contribution in [3.8, 4) is 0 Å². The van der Waals surface area contributed by atoms with E-state index in [1.165, 1.54) is 11.8 Å². The Labute approximate surface area is 183 Å². The van der Waals surface area contributed by atoms with E-state index in [4.69, 9.17) is 32.8 Å². The van der Waals surface area contributed by atoms with Gasteiger partial charge in [0.05, 0.1) is 22.6 Å². The second kappa shape index (κ2) is 7.52. The third kappa shape index (κ3) is 3.18. The molecule has 2 aliphatic rings. The van der Waals surface area contributed by atoms with Gasteiger partial charge in [-0.15, -0.1) is 10.2 Å². The van der Waals surface area contributed by atoms with Gasteiger partial charge in [-0.05, 0) is 25.8 Å². The Hall–Kier alpha value is -2.14. The summed E-state index contributed by atoms with van der Waals surface area (Å²) in [6, 6.07) is 1.90. The van der Waals surface area contributed by atoms with Crippen LogP contribution in [-0.2, 0) is 4.74 Å². The summed E-state index contributed by atoms with van der Waals surface area (Å²) in [7, 11) is 0. The Kier molecular flexibility index (Phi) is 4.97. The SMILES string of the molecule is CC1OCC2(CCN(c3ncc(Sc4ccnc(N)c4Cl)c4nncn34)CC2)C1N. The van der Waals surface area contributed by atoms with E-state index in [0.29, 0.717) is 10.8 Å². The minimum absolute atomic E-state index is 0.0655. The molecule has 3 aromatic heterocycles. The number of nitrogens with zero attached hydrogens (tertiary/aromatic N) is 6. The normalized spacial score (nSPS) is 23.5. The quantitative estimate of drug-likeness (QED) is 0.623. The molecule has 2 unspecified atom stereocenters. The molecule has 1 spiro atoms. The summed E-state index contributed by atoms with van der Waals surface area (Å²) < 4.78 is 7.76. The van der Waals surface area contributed by atoms with Gasteiger partial charge < -0.3 is 21.1 Å². The van der Waals surface area contributed by atoms with Crippen molar-refractivity contribution < 1.29 is 4.74 Å². The second-order valence-electron chi connectivity index (χ2n) is 7.95. The number of rotatable bonds is 3. The van der Waals surface area contributed by atoms with Crippen molar-refractivity contribution in [2.75, 3.05) is 30.3 Å². The van der Waals surface area contributed by atoms with Crippen LogP contribution in [0.4, 0.5) is 11.8 Å². The lowest BCUT2D eigenvalue weighted by atomic mass is 9.73. The van der Waals surface area contributed by atoms with Crippen LogP contribution in [-0.4, -0.2) is 56.4 Å². The van der Waals surface area contributed by atoms with E-state index >= 15 is 0 Å². The van der Waals surface area contributed by atoms with Gasteiger partial charge in [-0.25, -0.2) is 14.4 Å². The van der Waals surface area contributed by atoms with Crippen molar-refractivity contribution in [3.05, 3.63) is 29.8 Å². The van der Waals surface area contributed by atoms with E-state index < -0.39 is 0 Å². The molecule has 4 N–H and O–H groups in total. The first-order valence-electron chi connectivity index (χ1n) is 9.87. The lowest BCUT2D eigenvalue weighted by Crippen LogP contribution is -2.51. The van der Waals surface area contributed by atoms with Crippen molar-refractivity contribution in [1.29, 1.82) is 0 Å². The molecule has 5 rings (SSSR count). The summed E-state index contributed by atoms with van der Waals surface area (Å²) in [5.74, 6) is 1.13. The van der Waals surface area contributed by atoms with Crippen molar-refractivity contribution in [2.24, 2.45) is 11.1 Å². The average molecular weight is 447 g/mol. The predicted molar refractivity (Wildman–Crippen MR) is 116 cm³/mol. The third-order valence-corrected chi connectivity index (χ3v) is 7.85. The zero-order valence-electron chi connectivity index (χ0n) is 16.5. The fourth-order valence-electron chi connectivity index (χ4n) is 4.36. The summed E-state index contributed by atoms with van der Waals surface area (Å²) in [4.78, 5) is 12.7. The van der Waals surface area contributed by atoms with Gasteiger partial charge in [-0.2, -0.15) is 0 Å². The molecule has 5 heterocycles. The van der Waals surface area contributed by atoms with Gasteiger partial charge in [-0.3, -0.25) is 0 Å². The maximum atomic E-state index is 6.45. The first-order chi connectivity index (χ1) is 14.5. The molecule has 0 radical (unpaired) electrons. The van der Waals surface area contributed by atoms with Crippen LogP contribution in [0.2, 0.25) is 5.02 Å². The maximum Gasteiger partial charge on any atom is 0.212 e. The van der Waals surface area contributed by atoms with Crippen LogP contribution in [0.3, 0.4) is 0 Å². The summed E-state index contributed by atoms with van der Waals surface area (Å²) in [5.41, 5.74) is 13.1. The third-order valence-electron chi connectivity index (χ3n) is 6.27. The molecule has 158 valence electrons. The zero-order valence-corrected chi connectivity index (χ0v) is 18.1. The Morgan fingerprint density at radius 1 is 1.27 bits per heavy atom. The van der Waals surface area contributed by atoms with Crippen LogP contribution < -0.4 is 16.4 Å². The van der Waals surface area contributed by atoms with E-state index in [1.54, 1.807) is 12.5 Å². The molecule has 0 amide bonds. The van der Waals surface area contributed by atoms with Gasteiger partial charge in [0.1, 0.15) is 12.1 Å². The molecule has 3 aromatic rings. The number of nitrogens with two attached hydrogens (primary N) is 2. The predicted octanol–water partition coefficient (Wildman–Crippen LogP) is 2.24. The summed E-state index contributed by atoms with van der Waals surface area (Å²) in [5, 5.41) is 8.85. The highest BCUT2D eigenvalue weighted by molar-refractivity contribution is 7.99. The molecule has 0 aromatic carbocycles. The molecule has 0 saturated carbocycles. The number of ether oxygens (including phenoxy) is 1. The molecular weight excluding hydrogens is 424 g/mol. The van der Waals surface area contributed by atoms with Crippen molar-refractivity contribution >= 4 is 40.8 Å². The number of halogens is 1. The standard InChI is InChI=1S/C19H23ClN8OS/c1-11-15(21)19(9-29-11)3-6-27(7-4-19)18-24-8-13(17-26-25-10-28(17)18)30-12-2-5-23-16(22)14(12)20/h2,5,8,10-11,15H,3-4,6-7,9,21H2,1H3,(H2,22,23).